The van der Waals surface area contributed by atoms with Crippen molar-refractivity contribution in [3.63, 3.8) is 0 Å². The molecule has 0 saturated heterocycles. The van der Waals surface area contributed by atoms with Gasteiger partial charge in [0.05, 0.1) is 6.54 Å². The average Bonchev–Trinajstić information content (AvgIpc) is 2.96. The second-order valence-electron chi connectivity index (χ2n) is 3.98. The summed E-state index contributed by atoms with van der Waals surface area (Å²) in [5, 5.41) is 3.32. The highest BCUT2D eigenvalue weighted by molar-refractivity contribution is 5.47. The minimum Gasteiger partial charge on any atom is -0.456 e. The first-order valence-electron chi connectivity index (χ1n) is 6.16. The first-order valence-corrected chi connectivity index (χ1v) is 6.16. The highest BCUT2D eigenvalue weighted by atomic mass is 16.3. The fourth-order valence-corrected chi connectivity index (χ4v) is 1.77. The second-order valence-corrected chi connectivity index (χ2v) is 3.98. The third-order valence-corrected chi connectivity index (χ3v) is 2.66. The van der Waals surface area contributed by atoms with Gasteiger partial charge in [-0.2, -0.15) is 0 Å². The molecule has 2 heterocycles. The number of furan rings is 1. The number of hydrogen-bond donors (Lipinski definition) is 1. The van der Waals surface area contributed by atoms with E-state index in [-0.39, 0.29) is 0 Å². The van der Waals surface area contributed by atoms with Gasteiger partial charge in [-0.3, -0.25) is 0 Å². The normalized spacial score (nSPS) is 10.9. The molecule has 17 heavy (non-hydrogen) atoms. The van der Waals surface area contributed by atoms with Gasteiger partial charge in [0.1, 0.15) is 5.76 Å². The largest absolute Gasteiger partial charge is 0.456 e. The predicted molar refractivity (Wildman–Crippen MR) is 67.6 cm³/mol. The van der Waals surface area contributed by atoms with Crippen molar-refractivity contribution in [3.8, 4) is 11.6 Å². The lowest BCUT2D eigenvalue weighted by atomic mass is 10.4. The molecule has 0 saturated carbocycles. The van der Waals surface area contributed by atoms with Gasteiger partial charge >= 0.3 is 0 Å². The Balaban J connectivity index is 2.07. The van der Waals surface area contributed by atoms with Crippen molar-refractivity contribution in [1.29, 1.82) is 0 Å². The highest BCUT2D eigenvalue weighted by Gasteiger charge is 2.09. The zero-order chi connectivity index (χ0) is 12.1. The standard InChI is InChI=1S/C13H19N3O/c1-3-7-14-10-11-5-6-12(17-11)13-15-8-9-16(13)4-2/h5-6,8-9,14H,3-4,7,10H2,1-2H3. The predicted octanol–water partition coefficient (Wildman–Crippen LogP) is 2.66. The summed E-state index contributed by atoms with van der Waals surface area (Å²) in [7, 11) is 0. The quantitative estimate of drug-likeness (QED) is 0.780. The van der Waals surface area contributed by atoms with E-state index in [1.54, 1.807) is 6.20 Å². The molecule has 0 atom stereocenters. The van der Waals surface area contributed by atoms with Crippen molar-refractivity contribution in [2.45, 2.75) is 33.4 Å². The fourth-order valence-electron chi connectivity index (χ4n) is 1.77. The van der Waals surface area contributed by atoms with Gasteiger partial charge < -0.3 is 14.3 Å². The Morgan fingerprint density at radius 1 is 1.35 bits per heavy atom. The molecule has 2 rings (SSSR count). The third-order valence-electron chi connectivity index (χ3n) is 2.66. The van der Waals surface area contributed by atoms with Crippen LogP contribution in [0.25, 0.3) is 11.6 Å². The summed E-state index contributed by atoms with van der Waals surface area (Å²) in [5.41, 5.74) is 0. The number of aryl methyl sites for hydroxylation is 1. The van der Waals surface area contributed by atoms with E-state index in [2.05, 4.69) is 28.7 Å². The molecule has 0 unspecified atom stereocenters. The Bertz CT molecular complexity index is 459. The Hall–Kier alpha value is -1.55. The lowest BCUT2D eigenvalue weighted by molar-refractivity contribution is 0.488. The van der Waals surface area contributed by atoms with Gasteiger partial charge in [-0.15, -0.1) is 0 Å². The number of hydrogen-bond acceptors (Lipinski definition) is 3. The van der Waals surface area contributed by atoms with Crippen LogP contribution in [0.1, 0.15) is 26.0 Å². The van der Waals surface area contributed by atoms with Crippen molar-refractivity contribution in [1.82, 2.24) is 14.9 Å². The van der Waals surface area contributed by atoms with E-state index in [0.717, 1.165) is 43.4 Å². The molecule has 4 heteroatoms. The van der Waals surface area contributed by atoms with Crippen LogP contribution >= 0.6 is 0 Å². The number of nitrogens with zero attached hydrogens (tertiary/aromatic N) is 2. The summed E-state index contributed by atoms with van der Waals surface area (Å²) in [6, 6.07) is 3.99. The molecular formula is C13H19N3O. The van der Waals surface area contributed by atoms with Crippen LogP contribution in [0.5, 0.6) is 0 Å². The molecule has 0 amide bonds. The molecule has 0 aliphatic rings. The van der Waals surface area contributed by atoms with Crippen molar-refractivity contribution in [3.05, 3.63) is 30.3 Å². The molecule has 0 aliphatic heterocycles. The molecule has 4 nitrogen and oxygen atoms in total. The van der Waals surface area contributed by atoms with E-state index in [1.165, 1.54) is 0 Å². The van der Waals surface area contributed by atoms with Crippen LogP contribution in [0.4, 0.5) is 0 Å². The molecule has 0 fully saturated rings. The zero-order valence-corrected chi connectivity index (χ0v) is 10.4. The smallest absolute Gasteiger partial charge is 0.176 e. The molecule has 0 spiro atoms. The molecule has 0 aliphatic carbocycles. The van der Waals surface area contributed by atoms with Crippen LogP contribution in [0.15, 0.2) is 28.9 Å². The maximum absolute atomic E-state index is 5.77. The maximum Gasteiger partial charge on any atom is 0.176 e. The van der Waals surface area contributed by atoms with Crippen LogP contribution in [-0.2, 0) is 13.1 Å². The molecule has 1 N–H and O–H groups in total. The van der Waals surface area contributed by atoms with Crippen molar-refractivity contribution in [2.24, 2.45) is 0 Å². The van der Waals surface area contributed by atoms with E-state index < -0.39 is 0 Å². The van der Waals surface area contributed by atoms with Gasteiger partial charge in [0, 0.05) is 18.9 Å². The van der Waals surface area contributed by atoms with E-state index in [1.807, 2.05) is 18.3 Å². The van der Waals surface area contributed by atoms with E-state index >= 15 is 0 Å². The van der Waals surface area contributed by atoms with E-state index in [0.29, 0.717) is 0 Å². The lowest BCUT2D eigenvalue weighted by Crippen LogP contribution is -2.12. The minimum atomic E-state index is 0.778. The Kier molecular flexibility index (Phi) is 3.98. The summed E-state index contributed by atoms with van der Waals surface area (Å²) in [6.07, 6.45) is 4.90. The van der Waals surface area contributed by atoms with E-state index in [4.69, 9.17) is 4.42 Å². The first-order chi connectivity index (χ1) is 8.35. The number of rotatable bonds is 6. The van der Waals surface area contributed by atoms with Gasteiger partial charge in [0.2, 0.25) is 0 Å². The van der Waals surface area contributed by atoms with Crippen molar-refractivity contribution >= 4 is 0 Å². The zero-order valence-electron chi connectivity index (χ0n) is 10.4. The number of nitrogens with one attached hydrogen (secondary N) is 1. The molecule has 2 aromatic heterocycles. The SMILES string of the molecule is CCCNCc1ccc(-c2nccn2CC)o1. The van der Waals surface area contributed by atoms with Crippen molar-refractivity contribution < 1.29 is 4.42 Å². The Labute approximate surface area is 102 Å². The lowest BCUT2D eigenvalue weighted by Gasteiger charge is -2.01. The monoisotopic (exact) mass is 233 g/mol. The summed E-state index contributed by atoms with van der Waals surface area (Å²) >= 11 is 0. The second kappa shape index (κ2) is 5.68. The van der Waals surface area contributed by atoms with Gasteiger partial charge in [-0.05, 0) is 32.0 Å². The average molecular weight is 233 g/mol. The highest BCUT2D eigenvalue weighted by Crippen LogP contribution is 2.20. The molecule has 0 aromatic carbocycles. The molecule has 92 valence electrons. The summed E-state index contributed by atoms with van der Waals surface area (Å²) in [4.78, 5) is 4.32. The third kappa shape index (κ3) is 2.77. The van der Waals surface area contributed by atoms with Gasteiger partial charge in [0.15, 0.2) is 11.6 Å². The summed E-state index contributed by atoms with van der Waals surface area (Å²) in [6.45, 7) is 6.94. The molecule has 2 aromatic rings. The summed E-state index contributed by atoms with van der Waals surface area (Å²) in [5.74, 6) is 2.69. The van der Waals surface area contributed by atoms with Crippen LogP contribution in [-0.4, -0.2) is 16.1 Å². The van der Waals surface area contributed by atoms with Gasteiger partial charge in [0.25, 0.3) is 0 Å². The van der Waals surface area contributed by atoms with Gasteiger partial charge in [-0.1, -0.05) is 6.92 Å². The minimum absolute atomic E-state index is 0.778. The Morgan fingerprint density at radius 3 is 3.00 bits per heavy atom. The summed E-state index contributed by atoms with van der Waals surface area (Å²) < 4.78 is 7.84. The van der Waals surface area contributed by atoms with Crippen LogP contribution in [0.3, 0.4) is 0 Å². The van der Waals surface area contributed by atoms with Gasteiger partial charge in [-0.25, -0.2) is 4.98 Å². The Morgan fingerprint density at radius 2 is 2.24 bits per heavy atom. The first kappa shape index (κ1) is 11.9. The maximum atomic E-state index is 5.77. The molecular weight excluding hydrogens is 214 g/mol. The number of aromatic nitrogens is 2. The van der Waals surface area contributed by atoms with Crippen molar-refractivity contribution in [2.75, 3.05) is 6.54 Å². The fraction of sp³-hybridized carbons (Fsp3) is 0.462. The van der Waals surface area contributed by atoms with Crippen LogP contribution in [0, 0.1) is 0 Å². The topological polar surface area (TPSA) is 43.0 Å². The molecule has 0 radical (unpaired) electrons. The molecule has 0 bridgehead atoms. The van der Waals surface area contributed by atoms with Crippen LogP contribution in [0.2, 0.25) is 0 Å². The van der Waals surface area contributed by atoms with Crippen LogP contribution < -0.4 is 5.32 Å². The number of imidazole rings is 1. The van der Waals surface area contributed by atoms with E-state index in [9.17, 15) is 0 Å².